The molecule has 3 aromatic rings. The van der Waals surface area contributed by atoms with Crippen molar-refractivity contribution in [3.63, 3.8) is 0 Å². The largest absolute Gasteiger partial charge is 0.462 e. The van der Waals surface area contributed by atoms with Crippen LogP contribution in [0, 0.1) is 6.92 Å². The first-order chi connectivity index (χ1) is 13.0. The maximum Gasteiger partial charge on any atom is 0.348 e. The summed E-state index contributed by atoms with van der Waals surface area (Å²) in [6.45, 7) is 3.82. The van der Waals surface area contributed by atoms with Gasteiger partial charge in [0.1, 0.15) is 16.0 Å². The fraction of sp³-hybridized carbons (Fsp3) is 0.176. The summed E-state index contributed by atoms with van der Waals surface area (Å²) in [6.07, 6.45) is 1.36. The number of halogens is 1. The number of nitrogens with zero attached hydrogens (tertiary/aromatic N) is 2. The molecule has 8 nitrogen and oxygen atoms in total. The molecular formula is C17H16ClN5O3S. The smallest absolute Gasteiger partial charge is 0.348 e. The van der Waals surface area contributed by atoms with Gasteiger partial charge in [-0.25, -0.2) is 19.6 Å². The van der Waals surface area contributed by atoms with E-state index in [1.165, 1.54) is 17.7 Å². The maximum atomic E-state index is 12.1. The van der Waals surface area contributed by atoms with Gasteiger partial charge in [0.05, 0.1) is 12.0 Å². The molecule has 2 aromatic heterocycles. The molecule has 0 bridgehead atoms. The van der Waals surface area contributed by atoms with Crippen molar-refractivity contribution in [2.24, 2.45) is 0 Å². The molecule has 10 heteroatoms. The lowest BCUT2D eigenvalue weighted by atomic mass is 10.2. The minimum Gasteiger partial charge on any atom is -0.462 e. The molecule has 0 unspecified atom stereocenters. The van der Waals surface area contributed by atoms with Crippen LogP contribution in [0.5, 0.6) is 0 Å². The lowest BCUT2D eigenvalue weighted by Gasteiger charge is -2.10. The number of carbonyl (C=O) groups excluding carboxylic acids is 2. The van der Waals surface area contributed by atoms with Gasteiger partial charge in [-0.2, -0.15) is 0 Å². The van der Waals surface area contributed by atoms with E-state index >= 15 is 0 Å². The third-order valence-electron chi connectivity index (χ3n) is 3.58. The van der Waals surface area contributed by atoms with Gasteiger partial charge in [-0.15, -0.1) is 11.3 Å². The van der Waals surface area contributed by atoms with Crippen LogP contribution in [0.3, 0.4) is 0 Å². The number of ether oxygens (including phenoxy) is 1. The molecule has 0 atom stereocenters. The number of hydrogen-bond acceptors (Lipinski definition) is 7. The zero-order chi connectivity index (χ0) is 19.4. The highest BCUT2D eigenvalue weighted by Crippen LogP contribution is 2.33. The number of benzene rings is 1. The zero-order valence-electron chi connectivity index (χ0n) is 14.5. The van der Waals surface area contributed by atoms with E-state index in [0.29, 0.717) is 37.2 Å². The Kier molecular flexibility index (Phi) is 5.72. The van der Waals surface area contributed by atoms with Crippen LogP contribution in [-0.2, 0) is 4.74 Å². The average molecular weight is 406 g/mol. The van der Waals surface area contributed by atoms with Crippen molar-refractivity contribution in [3.8, 4) is 0 Å². The molecule has 0 saturated carbocycles. The van der Waals surface area contributed by atoms with Gasteiger partial charge in [0.2, 0.25) is 0 Å². The summed E-state index contributed by atoms with van der Waals surface area (Å²) in [5.41, 5.74) is 6.55. The normalized spacial score (nSPS) is 10.5. The topological polar surface area (TPSA) is 105 Å². The summed E-state index contributed by atoms with van der Waals surface area (Å²) >= 11 is 7.03. The molecule has 2 amide bonds. The number of aryl methyl sites for hydroxylation is 1. The second-order valence-corrected chi connectivity index (χ2v) is 6.83. The summed E-state index contributed by atoms with van der Waals surface area (Å²) in [7, 11) is 0. The Balaban J connectivity index is 1.75. The molecule has 27 heavy (non-hydrogen) atoms. The second kappa shape index (κ2) is 8.19. The SMILES string of the molecule is CCOC(=O)c1sc2ncnc(NNC(=O)Nc3ccc(Cl)cc3)c2c1C. The van der Waals surface area contributed by atoms with Crippen LogP contribution in [0.25, 0.3) is 10.2 Å². The molecule has 0 spiro atoms. The summed E-state index contributed by atoms with van der Waals surface area (Å²) in [5, 5.41) is 3.88. The van der Waals surface area contributed by atoms with Crippen molar-refractivity contribution in [1.29, 1.82) is 0 Å². The number of hydrazine groups is 1. The van der Waals surface area contributed by atoms with Crippen LogP contribution in [0.4, 0.5) is 16.3 Å². The number of hydrogen-bond donors (Lipinski definition) is 3. The number of urea groups is 1. The first-order valence-corrected chi connectivity index (χ1v) is 9.18. The van der Waals surface area contributed by atoms with Gasteiger partial charge < -0.3 is 10.1 Å². The average Bonchev–Trinajstić information content (AvgIpc) is 3.00. The van der Waals surface area contributed by atoms with Gasteiger partial charge in [-0.3, -0.25) is 10.9 Å². The van der Waals surface area contributed by atoms with Crippen LogP contribution in [0.15, 0.2) is 30.6 Å². The van der Waals surface area contributed by atoms with E-state index in [2.05, 4.69) is 26.1 Å². The van der Waals surface area contributed by atoms with Crippen LogP contribution >= 0.6 is 22.9 Å². The molecule has 0 fully saturated rings. The maximum absolute atomic E-state index is 12.1. The molecule has 3 rings (SSSR count). The second-order valence-electron chi connectivity index (χ2n) is 5.39. The number of thiophene rings is 1. The van der Waals surface area contributed by atoms with Gasteiger partial charge in [-0.1, -0.05) is 11.6 Å². The first kappa shape index (κ1) is 18.9. The predicted molar refractivity (Wildman–Crippen MR) is 105 cm³/mol. The Hall–Kier alpha value is -2.91. The van der Waals surface area contributed by atoms with E-state index < -0.39 is 12.0 Å². The molecule has 0 radical (unpaired) electrons. The highest BCUT2D eigenvalue weighted by Gasteiger charge is 2.20. The van der Waals surface area contributed by atoms with E-state index in [4.69, 9.17) is 16.3 Å². The highest BCUT2D eigenvalue weighted by molar-refractivity contribution is 7.20. The van der Waals surface area contributed by atoms with Crippen LogP contribution in [-0.4, -0.2) is 28.6 Å². The molecule has 0 aliphatic carbocycles. The van der Waals surface area contributed by atoms with Crippen molar-refractivity contribution in [2.45, 2.75) is 13.8 Å². The molecule has 1 aromatic carbocycles. The third-order valence-corrected chi connectivity index (χ3v) is 5.02. The molecule has 0 aliphatic heterocycles. The van der Waals surface area contributed by atoms with E-state index in [-0.39, 0.29) is 6.61 Å². The fourth-order valence-corrected chi connectivity index (χ4v) is 3.54. The standard InChI is InChI=1S/C17H16ClN5O3S/c1-3-26-16(24)13-9(2)12-14(19-8-20-15(12)27-13)22-23-17(25)21-11-6-4-10(18)5-7-11/h4-8H,3H2,1-2H3,(H,19,20,22)(H2,21,23,25). The summed E-state index contributed by atoms with van der Waals surface area (Å²) < 4.78 is 5.06. The fourth-order valence-electron chi connectivity index (χ4n) is 2.37. The van der Waals surface area contributed by atoms with E-state index in [1.807, 2.05) is 0 Å². The van der Waals surface area contributed by atoms with Crippen molar-refractivity contribution >= 4 is 56.7 Å². The van der Waals surface area contributed by atoms with Gasteiger partial charge in [0, 0.05) is 10.7 Å². The first-order valence-electron chi connectivity index (χ1n) is 7.99. The van der Waals surface area contributed by atoms with Crippen molar-refractivity contribution in [1.82, 2.24) is 15.4 Å². The number of rotatable bonds is 5. The van der Waals surface area contributed by atoms with Crippen LogP contribution in [0.1, 0.15) is 22.2 Å². The zero-order valence-corrected chi connectivity index (χ0v) is 16.1. The number of anilines is 2. The summed E-state index contributed by atoms with van der Waals surface area (Å²) in [6, 6.07) is 6.22. The highest BCUT2D eigenvalue weighted by atomic mass is 35.5. The number of esters is 1. The Morgan fingerprint density at radius 1 is 1.22 bits per heavy atom. The van der Waals surface area contributed by atoms with Crippen molar-refractivity contribution < 1.29 is 14.3 Å². The van der Waals surface area contributed by atoms with Crippen molar-refractivity contribution in [2.75, 3.05) is 17.3 Å². The monoisotopic (exact) mass is 405 g/mol. The Bertz CT molecular complexity index is 990. The molecule has 2 heterocycles. The number of fused-ring (bicyclic) bond motifs is 1. The minimum atomic E-state index is -0.484. The summed E-state index contributed by atoms with van der Waals surface area (Å²) in [5.74, 6) is -0.0204. The molecule has 3 N–H and O–H groups in total. The number of aromatic nitrogens is 2. The van der Waals surface area contributed by atoms with Crippen LogP contribution in [0.2, 0.25) is 5.02 Å². The molecule has 140 valence electrons. The number of carbonyl (C=O) groups is 2. The van der Waals surface area contributed by atoms with Crippen LogP contribution < -0.4 is 16.2 Å². The lowest BCUT2D eigenvalue weighted by Crippen LogP contribution is -2.34. The Morgan fingerprint density at radius 3 is 2.67 bits per heavy atom. The number of nitrogens with one attached hydrogen (secondary N) is 3. The van der Waals surface area contributed by atoms with Gasteiger partial charge >= 0.3 is 12.0 Å². The third kappa shape index (κ3) is 4.26. The van der Waals surface area contributed by atoms with E-state index in [0.717, 1.165) is 0 Å². The van der Waals surface area contributed by atoms with Crippen molar-refractivity contribution in [3.05, 3.63) is 46.1 Å². The van der Waals surface area contributed by atoms with E-state index in [9.17, 15) is 9.59 Å². The molecule has 0 aliphatic rings. The molecule has 0 saturated heterocycles. The minimum absolute atomic E-state index is 0.287. The quantitative estimate of drug-likeness (QED) is 0.438. The lowest BCUT2D eigenvalue weighted by molar-refractivity contribution is 0.0531. The van der Waals surface area contributed by atoms with E-state index in [1.54, 1.807) is 38.1 Å². The number of amides is 2. The van der Waals surface area contributed by atoms with Gasteiger partial charge in [-0.05, 0) is 43.7 Å². The summed E-state index contributed by atoms with van der Waals surface area (Å²) in [4.78, 5) is 33.5. The molecular weight excluding hydrogens is 390 g/mol. The Morgan fingerprint density at radius 2 is 1.96 bits per heavy atom. The predicted octanol–water partition coefficient (Wildman–Crippen LogP) is 3.98. The van der Waals surface area contributed by atoms with Gasteiger partial charge in [0.25, 0.3) is 0 Å². The van der Waals surface area contributed by atoms with Gasteiger partial charge in [0.15, 0.2) is 5.82 Å². The Labute approximate surface area is 163 Å².